The number of nitrogens with zero attached hydrogens (tertiary/aromatic N) is 1. The first kappa shape index (κ1) is 14.9. The minimum absolute atomic E-state index is 0.0420. The Bertz CT molecular complexity index is 435. The molecule has 0 atom stereocenters. The van der Waals surface area contributed by atoms with Crippen molar-refractivity contribution in [1.29, 1.82) is 0 Å². The van der Waals surface area contributed by atoms with Gasteiger partial charge in [0.15, 0.2) is 0 Å². The number of hydrogen-bond acceptors (Lipinski definition) is 2. The maximum absolute atomic E-state index is 11.9. The summed E-state index contributed by atoms with van der Waals surface area (Å²) in [6.45, 7) is 2.76. The van der Waals surface area contributed by atoms with E-state index in [1.165, 1.54) is 0 Å². The standard InChI is InChI=1S/C13H17IN2O2/c1-3-8-16(2)12(17)9-15-13(18)10-6-4-5-7-11(10)14/h4-7H,3,8-9H2,1-2H3,(H,15,18). The Kier molecular flexibility index (Phi) is 6.11. The summed E-state index contributed by atoms with van der Waals surface area (Å²) >= 11 is 2.10. The molecule has 2 amide bonds. The second kappa shape index (κ2) is 7.35. The van der Waals surface area contributed by atoms with E-state index in [4.69, 9.17) is 0 Å². The quantitative estimate of drug-likeness (QED) is 0.816. The van der Waals surface area contributed by atoms with E-state index in [-0.39, 0.29) is 18.4 Å². The zero-order valence-electron chi connectivity index (χ0n) is 10.6. The van der Waals surface area contributed by atoms with Gasteiger partial charge in [-0.1, -0.05) is 19.1 Å². The smallest absolute Gasteiger partial charge is 0.252 e. The number of likely N-dealkylation sites (N-methyl/N-ethyl adjacent to an activating group) is 1. The Balaban J connectivity index is 2.52. The largest absolute Gasteiger partial charge is 0.344 e. The fourth-order valence-corrected chi connectivity index (χ4v) is 2.12. The molecule has 1 aromatic rings. The molecule has 0 heterocycles. The van der Waals surface area contributed by atoms with E-state index in [0.717, 1.165) is 9.99 Å². The SMILES string of the molecule is CCCN(C)C(=O)CNC(=O)c1ccccc1I. The second-order valence-corrected chi connectivity index (χ2v) is 5.14. The summed E-state index contributed by atoms with van der Waals surface area (Å²) in [6.07, 6.45) is 0.909. The summed E-state index contributed by atoms with van der Waals surface area (Å²) in [6, 6.07) is 7.29. The van der Waals surface area contributed by atoms with E-state index in [1.54, 1.807) is 18.0 Å². The van der Waals surface area contributed by atoms with Crippen LogP contribution in [0.5, 0.6) is 0 Å². The van der Waals surface area contributed by atoms with Crippen LogP contribution in [0.2, 0.25) is 0 Å². The van der Waals surface area contributed by atoms with Gasteiger partial charge in [-0.25, -0.2) is 0 Å². The summed E-state index contributed by atoms with van der Waals surface area (Å²) in [5, 5.41) is 2.64. The maximum Gasteiger partial charge on any atom is 0.252 e. The Morgan fingerprint density at radius 2 is 2.00 bits per heavy atom. The number of carbonyl (C=O) groups excluding carboxylic acids is 2. The van der Waals surface area contributed by atoms with E-state index < -0.39 is 0 Å². The average molecular weight is 360 g/mol. The molecule has 0 spiro atoms. The van der Waals surface area contributed by atoms with Crippen molar-refractivity contribution in [2.75, 3.05) is 20.1 Å². The lowest BCUT2D eigenvalue weighted by Crippen LogP contribution is -2.38. The molecule has 0 saturated heterocycles. The molecular formula is C13H17IN2O2. The lowest BCUT2D eigenvalue weighted by molar-refractivity contribution is -0.128. The Morgan fingerprint density at radius 3 is 2.61 bits per heavy atom. The van der Waals surface area contributed by atoms with E-state index in [9.17, 15) is 9.59 Å². The summed E-state index contributed by atoms with van der Waals surface area (Å²) in [5.74, 6) is -0.283. The van der Waals surface area contributed by atoms with E-state index in [2.05, 4.69) is 27.9 Å². The van der Waals surface area contributed by atoms with Crippen LogP contribution in [0.25, 0.3) is 0 Å². The van der Waals surface area contributed by atoms with Gasteiger partial charge in [-0.3, -0.25) is 9.59 Å². The Labute approximate surface area is 121 Å². The fourth-order valence-electron chi connectivity index (χ4n) is 1.49. The molecule has 1 rings (SSSR count). The molecule has 0 fully saturated rings. The molecule has 5 heteroatoms. The van der Waals surface area contributed by atoms with Gasteiger partial charge in [0.2, 0.25) is 5.91 Å². The first-order valence-corrected chi connectivity index (χ1v) is 6.90. The molecule has 18 heavy (non-hydrogen) atoms. The van der Waals surface area contributed by atoms with Crippen LogP contribution in [-0.4, -0.2) is 36.9 Å². The van der Waals surface area contributed by atoms with E-state index in [1.807, 2.05) is 25.1 Å². The van der Waals surface area contributed by atoms with Crippen molar-refractivity contribution in [1.82, 2.24) is 10.2 Å². The molecule has 0 saturated carbocycles. The number of benzene rings is 1. The molecule has 0 radical (unpaired) electrons. The molecule has 0 aliphatic carbocycles. The zero-order valence-corrected chi connectivity index (χ0v) is 12.7. The molecule has 1 N–H and O–H groups in total. The van der Waals surface area contributed by atoms with Crippen molar-refractivity contribution in [2.45, 2.75) is 13.3 Å². The van der Waals surface area contributed by atoms with Gasteiger partial charge in [0.05, 0.1) is 12.1 Å². The van der Waals surface area contributed by atoms with Crippen LogP contribution in [0, 0.1) is 3.57 Å². The summed E-state index contributed by atoms with van der Waals surface area (Å²) in [4.78, 5) is 25.1. The van der Waals surface area contributed by atoms with Crippen molar-refractivity contribution >= 4 is 34.4 Å². The van der Waals surface area contributed by atoms with Gasteiger partial charge in [0, 0.05) is 17.2 Å². The minimum atomic E-state index is -0.210. The molecule has 0 unspecified atom stereocenters. The molecule has 0 aliphatic heterocycles. The lowest BCUT2D eigenvalue weighted by atomic mass is 10.2. The summed E-state index contributed by atoms with van der Waals surface area (Å²) < 4.78 is 0.877. The number of carbonyl (C=O) groups is 2. The highest BCUT2D eigenvalue weighted by Crippen LogP contribution is 2.10. The van der Waals surface area contributed by atoms with Crippen molar-refractivity contribution in [2.24, 2.45) is 0 Å². The fraction of sp³-hybridized carbons (Fsp3) is 0.385. The number of nitrogens with one attached hydrogen (secondary N) is 1. The summed E-state index contributed by atoms with van der Waals surface area (Å²) in [5.41, 5.74) is 0.601. The molecule has 0 aliphatic rings. The Hall–Kier alpha value is -1.11. The van der Waals surface area contributed by atoms with E-state index in [0.29, 0.717) is 12.1 Å². The van der Waals surface area contributed by atoms with Crippen LogP contribution < -0.4 is 5.32 Å². The first-order chi connectivity index (χ1) is 8.56. The van der Waals surface area contributed by atoms with Crippen LogP contribution in [0.4, 0.5) is 0 Å². The number of amides is 2. The topological polar surface area (TPSA) is 49.4 Å². The van der Waals surface area contributed by atoms with Gasteiger partial charge in [-0.15, -0.1) is 0 Å². The van der Waals surface area contributed by atoms with Gasteiger partial charge < -0.3 is 10.2 Å². The van der Waals surface area contributed by atoms with Crippen LogP contribution >= 0.6 is 22.6 Å². The van der Waals surface area contributed by atoms with Crippen molar-refractivity contribution in [3.63, 3.8) is 0 Å². The van der Waals surface area contributed by atoms with Crippen molar-refractivity contribution < 1.29 is 9.59 Å². The van der Waals surface area contributed by atoms with Gasteiger partial charge in [-0.2, -0.15) is 0 Å². The number of rotatable bonds is 5. The predicted molar refractivity (Wildman–Crippen MR) is 79.4 cm³/mol. The van der Waals surface area contributed by atoms with Crippen molar-refractivity contribution in [3.05, 3.63) is 33.4 Å². The average Bonchev–Trinajstić information content (AvgIpc) is 2.36. The molecule has 98 valence electrons. The van der Waals surface area contributed by atoms with Gasteiger partial charge in [0.1, 0.15) is 0 Å². The molecule has 0 aromatic heterocycles. The monoisotopic (exact) mass is 360 g/mol. The molecule has 1 aromatic carbocycles. The highest BCUT2D eigenvalue weighted by molar-refractivity contribution is 14.1. The molecular weight excluding hydrogens is 343 g/mol. The lowest BCUT2D eigenvalue weighted by Gasteiger charge is -2.16. The van der Waals surface area contributed by atoms with Crippen LogP contribution in [0.15, 0.2) is 24.3 Å². The first-order valence-electron chi connectivity index (χ1n) is 5.83. The van der Waals surface area contributed by atoms with Gasteiger partial charge in [0.25, 0.3) is 5.91 Å². The third kappa shape index (κ3) is 4.29. The molecule has 0 bridgehead atoms. The Morgan fingerprint density at radius 1 is 1.33 bits per heavy atom. The van der Waals surface area contributed by atoms with Gasteiger partial charge in [-0.05, 0) is 41.1 Å². The summed E-state index contributed by atoms with van der Waals surface area (Å²) in [7, 11) is 1.74. The van der Waals surface area contributed by atoms with Gasteiger partial charge >= 0.3 is 0 Å². The zero-order chi connectivity index (χ0) is 13.5. The number of hydrogen-bond donors (Lipinski definition) is 1. The number of halogens is 1. The third-order valence-electron chi connectivity index (χ3n) is 2.50. The molecule has 4 nitrogen and oxygen atoms in total. The highest BCUT2D eigenvalue weighted by atomic mass is 127. The normalized spacial score (nSPS) is 9.94. The third-order valence-corrected chi connectivity index (χ3v) is 3.44. The van der Waals surface area contributed by atoms with Crippen LogP contribution in [-0.2, 0) is 4.79 Å². The van der Waals surface area contributed by atoms with E-state index >= 15 is 0 Å². The minimum Gasteiger partial charge on any atom is -0.344 e. The van der Waals surface area contributed by atoms with Crippen LogP contribution in [0.3, 0.4) is 0 Å². The second-order valence-electron chi connectivity index (χ2n) is 3.98. The maximum atomic E-state index is 11.9. The van der Waals surface area contributed by atoms with Crippen LogP contribution in [0.1, 0.15) is 23.7 Å². The predicted octanol–water partition coefficient (Wildman–Crippen LogP) is 1.89. The highest BCUT2D eigenvalue weighted by Gasteiger charge is 2.12. The van der Waals surface area contributed by atoms with Crippen molar-refractivity contribution in [3.8, 4) is 0 Å².